The van der Waals surface area contributed by atoms with Crippen LogP contribution in [0.2, 0.25) is 0 Å². The third-order valence-electron chi connectivity index (χ3n) is 4.74. The zero-order chi connectivity index (χ0) is 17.8. The Balaban J connectivity index is 1.50. The van der Waals surface area contributed by atoms with Crippen molar-refractivity contribution in [1.29, 1.82) is 0 Å². The van der Waals surface area contributed by atoms with E-state index < -0.39 is 6.10 Å². The summed E-state index contributed by atoms with van der Waals surface area (Å²) in [6, 6.07) is 7.44. The number of ether oxygens (including phenoxy) is 2. The Kier molecular flexibility index (Phi) is 5.43. The Morgan fingerprint density at radius 1 is 1.28 bits per heavy atom. The topological polar surface area (TPSA) is 93.9 Å². The minimum absolute atomic E-state index is 0.0205. The van der Waals surface area contributed by atoms with Crippen LogP contribution in [0.25, 0.3) is 0 Å². The van der Waals surface area contributed by atoms with E-state index in [1.165, 1.54) is 0 Å². The van der Waals surface area contributed by atoms with E-state index in [-0.39, 0.29) is 30.4 Å². The van der Waals surface area contributed by atoms with Gasteiger partial charge in [-0.3, -0.25) is 9.59 Å². The number of para-hydroxylation sites is 2. The molecular weight excluding hydrogens is 322 g/mol. The van der Waals surface area contributed by atoms with Crippen molar-refractivity contribution in [3.8, 4) is 11.5 Å². The maximum absolute atomic E-state index is 12.7. The lowest BCUT2D eigenvalue weighted by Gasteiger charge is -2.35. The number of rotatable bonds is 4. The van der Waals surface area contributed by atoms with E-state index in [0.717, 1.165) is 12.8 Å². The highest BCUT2D eigenvalue weighted by molar-refractivity contribution is 5.82. The van der Waals surface area contributed by atoms with Crippen LogP contribution in [-0.2, 0) is 9.59 Å². The summed E-state index contributed by atoms with van der Waals surface area (Å²) in [5.41, 5.74) is 5.52. The van der Waals surface area contributed by atoms with E-state index in [4.69, 9.17) is 15.2 Å². The molecule has 1 aromatic carbocycles. The smallest absolute Gasteiger partial charge is 0.267 e. The van der Waals surface area contributed by atoms with Gasteiger partial charge in [0.25, 0.3) is 5.91 Å². The fraction of sp³-hybridized carbons (Fsp3) is 0.556. The van der Waals surface area contributed by atoms with Crippen LogP contribution in [0.15, 0.2) is 24.3 Å². The van der Waals surface area contributed by atoms with Gasteiger partial charge in [-0.1, -0.05) is 19.1 Å². The minimum atomic E-state index is -0.613. The number of benzene rings is 1. The number of carbonyl (C=O) groups is 2. The number of hydrogen-bond donors (Lipinski definition) is 2. The summed E-state index contributed by atoms with van der Waals surface area (Å²) >= 11 is 0. The summed E-state index contributed by atoms with van der Waals surface area (Å²) in [6.45, 7) is 3.57. The largest absolute Gasteiger partial charge is 0.485 e. The van der Waals surface area contributed by atoms with Gasteiger partial charge in [0.15, 0.2) is 11.5 Å². The van der Waals surface area contributed by atoms with Crippen molar-refractivity contribution < 1.29 is 19.1 Å². The molecule has 2 atom stereocenters. The van der Waals surface area contributed by atoms with Gasteiger partial charge >= 0.3 is 0 Å². The van der Waals surface area contributed by atoms with Gasteiger partial charge in [0, 0.05) is 31.6 Å². The second kappa shape index (κ2) is 7.74. The van der Waals surface area contributed by atoms with E-state index >= 15 is 0 Å². The fourth-order valence-electron chi connectivity index (χ4n) is 3.04. The molecule has 3 N–H and O–H groups in total. The van der Waals surface area contributed by atoms with Crippen LogP contribution in [0.3, 0.4) is 0 Å². The molecular formula is C18H25N3O4. The molecule has 0 bridgehead atoms. The second-order valence-corrected chi connectivity index (χ2v) is 6.61. The van der Waals surface area contributed by atoms with Crippen molar-refractivity contribution in [2.45, 2.75) is 31.9 Å². The first-order valence-corrected chi connectivity index (χ1v) is 8.76. The van der Waals surface area contributed by atoms with Crippen molar-refractivity contribution in [2.75, 3.05) is 26.2 Å². The van der Waals surface area contributed by atoms with Crippen molar-refractivity contribution in [3.05, 3.63) is 24.3 Å². The van der Waals surface area contributed by atoms with E-state index in [2.05, 4.69) is 5.32 Å². The lowest BCUT2D eigenvalue weighted by molar-refractivity contribution is -0.142. The first-order valence-electron chi connectivity index (χ1n) is 8.76. The number of hydrogen-bond acceptors (Lipinski definition) is 5. The van der Waals surface area contributed by atoms with Crippen LogP contribution in [0.1, 0.15) is 19.8 Å². The SMILES string of the molecule is CC(CN)C(=O)NC1CCN(C(=O)C2COc3ccccc3O2)CC1. The van der Waals surface area contributed by atoms with Crippen LogP contribution < -0.4 is 20.5 Å². The van der Waals surface area contributed by atoms with Crippen LogP contribution >= 0.6 is 0 Å². The molecule has 3 rings (SSSR count). The molecule has 2 amide bonds. The first-order chi connectivity index (χ1) is 12.1. The predicted molar refractivity (Wildman–Crippen MR) is 92.3 cm³/mol. The summed E-state index contributed by atoms with van der Waals surface area (Å²) in [5.74, 6) is 1.00. The highest BCUT2D eigenvalue weighted by Crippen LogP contribution is 2.31. The molecule has 2 aliphatic heterocycles. The predicted octanol–water partition coefficient (Wildman–Crippen LogP) is 0.528. The molecule has 0 aliphatic carbocycles. The number of nitrogens with zero attached hydrogens (tertiary/aromatic N) is 1. The van der Waals surface area contributed by atoms with Crippen LogP contribution in [0, 0.1) is 5.92 Å². The van der Waals surface area contributed by atoms with E-state index in [0.29, 0.717) is 31.1 Å². The monoisotopic (exact) mass is 347 g/mol. The molecule has 2 aliphatic rings. The maximum atomic E-state index is 12.7. The third kappa shape index (κ3) is 4.04. The van der Waals surface area contributed by atoms with Gasteiger partial charge in [0.2, 0.25) is 12.0 Å². The van der Waals surface area contributed by atoms with Crippen LogP contribution in [0.5, 0.6) is 11.5 Å². The number of fused-ring (bicyclic) bond motifs is 1. The van der Waals surface area contributed by atoms with Gasteiger partial charge in [-0.25, -0.2) is 0 Å². The maximum Gasteiger partial charge on any atom is 0.267 e. The van der Waals surface area contributed by atoms with E-state index in [1.807, 2.05) is 25.1 Å². The Morgan fingerprint density at radius 2 is 1.96 bits per heavy atom. The summed E-state index contributed by atoms with van der Waals surface area (Å²) in [7, 11) is 0. The zero-order valence-electron chi connectivity index (χ0n) is 14.4. The molecule has 2 heterocycles. The van der Waals surface area contributed by atoms with Gasteiger partial charge in [0.1, 0.15) is 6.61 Å². The minimum Gasteiger partial charge on any atom is -0.485 e. The lowest BCUT2D eigenvalue weighted by atomic mass is 10.0. The number of amides is 2. The molecule has 25 heavy (non-hydrogen) atoms. The number of likely N-dealkylation sites (tertiary alicyclic amines) is 1. The summed E-state index contributed by atoms with van der Waals surface area (Å²) in [6.07, 6.45) is 0.857. The Morgan fingerprint density at radius 3 is 2.64 bits per heavy atom. The third-order valence-corrected chi connectivity index (χ3v) is 4.74. The molecule has 136 valence electrons. The van der Waals surface area contributed by atoms with Gasteiger partial charge in [-0.05, 0) is 25.0 Å². The highest BCUT2D eigenvalue weighted by atomic mass is 16.6. The molecule has 7 nitrogen and oxygen atoms in total. The number of carbonyl (C=O) groups excluding carboxylic acids is 2. The molecule has 0 saturated carbocycles. The number of piperidine rings is 1. The summed E-state index contributed by atoms with van der Waals surface area (Å²) < 4.78 is 11.4. The van der Waals surface area contributed by atoms with Crippen LogP contribution in [-0.4, -0.2) is 55.1 Å². The molecule has 0 radical (unpaired) electrons. The number of nitrogens with two attached hydrogens (primary N) is 1. The Bertz CT molecular complexity index is 629. The quantitative estimate of drug-likeness (QED) is 0.829. The summed E-state index contributed by atoms with van der Waals surface area (Å²) in [5, 5.41) is 3.01. The molecule has 1 aromatic rings. The zero-order valence-corrected chi connectivity index (χ0v) is 14.4. The van der Waals surface area contributed by atoms with Gasteiger partial charge in [-0.15, -0.1) is 0 Å². The van der Waals surface area contributed by atoms with Crippen molar-refractivity contribution in [2.24, 2.45) is 11.7 Å². The van der Waals surface area contributed by atoms with Crippen molar-refractivity contribution >= 4 is 11.8 Å². The standard InChI is InChI=1S/C18H25N3O4/c1-12(10-19)17(22)20-13-6-8-21(9-7-13)18(23)16-11-24-14-4-2-3-5-15(14)25-16/h2-5,12-13,16H,6-11,19H2,1H3,(H,20,22). The van der Waals surface area contributed by atoms with Gasteiger partial charge in [0.05, 0.1) is 0 Å². The molecule has 0 aromatic heterocycles. The average Bonchev–Trinajstić information content (AvgIpc) is 2.67. The average molecular weight is 347 g/mol. The lowest BCUT2D eigenvalue weighted by Crippen LogP contribution is -2.52. The normalized spacial score (nSPS) is 21.5. The molecule has 1 fully saturated rings. The Hall–Kier alpha value is -2.28. The molecule has 2 unspecified atom stereocenters. The highest BCUT2D eigenvalue weighted by Gasteiger charge is 2.33. The van der Waals surface area contributed by atoms with E-state index in [9.17, 15) is 9.59 Å². The molecule has 7 heteroatoms. The van der Waals surface area contributed by atoms with E-state index in [1.54, 1.807) is 11.0 Å². The summed E-state index contributed by atoms with van der Waals surface area (Å²) in [4.78, 5) is 26.4. The number of nitrogens with one attached hydrogen (secondary N) is 1. The molecule has 1 saturated heterocycles. The fourth-order valence-corrected chi connectivity index (χ4v) is 3.04. The molecule has 0 spiro atoms. The Labute approximate surface area is 147 Å². The van der Waals surface area contributed by atoms with Crippen molar-refractivity contribution in [1.82, 2.24) is 10.2 Å². The van der Waals surface area contributed by atoms with Gasteiger partial charge in [-0.2, -0.15) is 0 Å². The first kappa shape index (κ1) is 17.5. The van der Waals surface area contributed by atoms with Crippen molar-refractivity contribution in [3.63, 3.8) is 0 Å². The van der Waals surface area contributed by atoms with Crippen LogP contribution in [0.4, 0.5) is 0 Å². The second-order valence-electron chi connectivity index (χ2n) is 6.61. The van der Waals surface area contributed by atoms with Gasteiger partial charge < -0.3 is 25.4 Å².